The summed E-state index contributed by atoms with van der Waals surface area (Å²) in [7, 11) is 4.05. The van der Waals surface area contributed by atoms with Gasteiger partial charge >= 0.3 is 0 Å². The van der Waals surface area contributed by atoms with Crippen molar-refractivity contribution in [2.45, 2.75) is 175 Å². The van der Waals surface area contributed by atoms with Gasteiger partial charge < -0.3 is 15.0 Å². The number of methoxy groups -OCH3 is 1. The lowest BCUT2D eigenvalue weighted by Crippen LogP contribution is -2.20. The summed E-state index contributed by atoms with van der Waals surface area (Å²) in [4.78, 5) is 2.54. The van der Waals surface area contributed by atoms with E-state index in [0.717, 1.165) is 19.7 Å². The molecular weight excluding hydrogens is 452 g/mol. The summed E-state index contributed by atoms with van der Waals surface area (Å²) < 4.78 is 4.98. The van der Waals surface area contributed by atoms with Crippen LogP contribution in [0.3, 0.4) is 0 Å². The van der Waals surface area contributed by atoms with Crippen LogP contribution >= 0.6 is 0 Å². The molecule has 0 unspecified atom stereocenters. The van der Waals surface area contributed by atoms with E-state index in [1.807, 2.05) is 0 Å². The highest BCUT2D eigenvalue weighted by atomic mass is 16.5. The normalized spacial score (nSPS) is 11.2. The second kappa shape index (κ2) is 38.0. The fourth-order valence-electron chi connectivity index (χ4n) is 4.83. The Hall–Kier alpha value is -0.120. The number of unbranched alkanes of at least 4 members (excludes halogenated alkanes) is 21. The van der Waals surface area contributed by atoms with Crippen molar-refractivity contribution in [3.63, 3.8) is 0 Å². The molecule has 3 heteroatoms. The largest absolute Gasteiger partial charge is 0.383 e. The van der Waals surface area contributed by atoms with E-state index in [-0.39, 0.29) is 0 Å². The minimum absolute atomic E-state index is 0.831. The van der Waals surface area contributed by atoms with Gasteiger partial charge in [0, 0.05) is 13.7 Å². The van der Waals surface area contributed by atoms with Gasteiger partial charge in [-0.15, -0.1) is 0 Å². The third-order valence-electron chi connectivity index (χ3n) is 7.48. The van der Waals surface area contributed by atoms with Crippen LogP contribution in [0, 0.1) is 0 Å². The van der Waals surface area contributed by atoms with Gasteiger partial charge in [-0.2, -0.15) is 0 Å². The van der Waals surface area contributed by atoms with Crippen LogP contribution in [0.5, 0.6) is 0 Å². The van der Waals surface area contributed by atoms with Crippen molar-refractivity contribution in [1.29, 1.82) is 0 Å². The van der Waals surface area contributed by atoms with Crippen molar-refractivity contribution in [3.8, 4) is 0 Å². The summed E-state index contributed by atoms with van der Waals surface area (Å²) >= 11 is 0. The van der Waals surface area contributed by atoms with Gasteiger partial charge in [-0.05, 0) is 45.9 Å². The molecule has 0 aromatic rings. The lowest BCUT2D eigenvalue weighted by Gasteiger charge is -2.16. The standard InChI is InChI=1S/C19H41N.C15H33NO/c1-4-6-8-10-12-14-16-18-20(3)19-17-15-13-11-9-7-5-2;1-3-4-5-6-7-8-9-10-11-12-13-16-14-15-17-2/h4-19H2,1-3H3;16H,3-15H2,1-2H3. The average Bonchev–Trinajstić information content (AvgIpc) is 2.90. The van der Waals surface area contributed by atoms with Crippen molar-refractivity contribution in [2.75, 3.05) is 46.9 Å². The zero-order chi connectivity index (χ0) is 27.5. The maximum atomic E-state index is 4.98. The number of hydrogen-bond acceptors (Lipinski definition) is 3. The second-order valence-electron chi connectivity index (χ2n) is 11.5. The molecule has 226 valence electrons. The van der Waals surface area contributed by atoms with Crippen LogP contribution in [0.2, 0.25) is 0 Å². The first-order chi connectivity index (χ1) is 18.2. The first kappa shape index (κ1) is 39.0. The topological polar surface area (TPSA) is 24.5 Å². The van der Waals surface area contributed by atoms with E-state index in [9.17, 15) is 0 Å². The molecule has 0 rings (SSSR count). The molecule has 0 heterocycles. The lowest BCUT2D eigenvalue weighted by molar-refractivity contribution is 0.199. The van der Waals surface area contributed by atoms with Crippen molar-refractivity contribution in [2.24, 2.45) is 0 Å². The molecule has 0 amide bonds. The van der Waals surface area contributed by atoms with Gasteiger partial charge in [-0.3, -0.25) is 0 Å². The van der Waals surface area contributed by atoms with Gasteiger partial charge in [0.05, 0.1) is 6.61 Å². The Morgan fingerprint density at radius 3 is 1.11 bits per heavy atom. The molecule has 0 saturated heterocycles. The fourth-order valence-corrected chi connectivity index (χ4v) is 4.83. The molecule has 1 N–H and O–H groups in total. The molecule has 0 aliphatic carbocycles. The summed E-state index contributed by atoms with van der Waals surface area (Å²) in [6.07, 6.45) is 34.1. The van der Waals surface area contributed by atoms with Gasteiger partial charge in [0.2, 0.25) is 0 Å². The van der Waals surface area contributed by atoms with Crippen LogP contribution in [0.4, 0.5) is 0 Å². The molecule has 0 radical (unpaired) electrons. The summed E-state index contributed by atoms with van der Waals surface area (Å²) in [6, 6.07) is 0. The Kier molecular flexibility index (Phi) is 40.1. The highest BCUT2D eigenvalue weighted by molar-refractivity contribution is 4.55. The Labute approximate surface area is 236 Å². The summed E-state index contributed by atoms with van der Waals surface area (Å²) in [5.41, 5.74) is 0. The Morgan fingerprint density at radius 1 is 0.432 bits per heavy atom. The van der Waals surface area contributed by atoms with Crippen LogP contribution in [-0.4, -0.2) is 51.8 Å². The van der Waals surface area contributed by atoms with Crippen LogP contribution in [0.1, 0.15) is 175 Å². The first-order valence-corrected chi connectivity index (χ1v) is 17.1. The van der Waals surface area contributed by atoms with E-state index >= 15 is 0 Å². The average molecular weight is 527 g/mol. The predicted molar refractivity (Wildman–Crippen MR) is 170 cm³/mol. The highest BCUT2D eigenvalue weighted by Gasteiger charge is 1.99. The van der Waals surface area contributed by atoms with Gasteiger partial charge in [0.1, 0.15) is 0 Å². The van der Waals surface area contributed by atoms with Crippen LogP contribution in [0.15, 0.2) is 0 Å². The highest BCUT2D eigenvalue weighted by Crippen LogP contribution is 2.11. The Morgan fingerprint density at radius 2 is 0.757 bits per heavy atom. The molecule has 0 bridgehead atoms. The zero-order valence-electron chi connectivity index (χ0n) is 26.9. The Bertz CT molecular complexity index is 332. The predicted octanol–water partition coefficient (Wildman–Crippen LogP) is 10.6. The maximum absolute atomic E-state index is 4.98. The van der Waals surface area contributed by atoms with Crippen LogP contribution < -0.4 is 5.32 Å². The van der Waals surface area contributed by atoms with Gasteiger partial charge in [-0.1, -0.05) is 156 Å². The molecule has 0 aromatic carbocycles. The molecule has 3 nitrogen and oxygen atoms in total. The van der Waals surface area contributed by atoms with Crippen molar-refractivity contribution in [1.82, 2.24) is 10.2 Å². The van der Waals surface area contributed by atoms with E-state index < -0.39 is 0 Å². The van der Waals surface area contributed by atoms with Crippen molar-refractivity contribution < 1.29 is 4.74 Å². The number of hydrogen-bond donors (Lipinski definition) is 1. The molecule has 0 fully saturated rings. The van der Waals surface area contributed by atoms with Gasteiger partial charge in [-0.25, -0.2) is 0 Å². The van der Waals surface area contributed by atoms with E-state index in [4.69, 9.17) is 4.74 Å². The quantitative estimate of drug-likeness (QED) is 0.0942. The third-order valence-corrected chi connectivity index (χ3v) is 7.48. The summed E-state index contributed by atoms with van der Waals surface area (Å²) in [6.45, 7) is 12.5. The van der Waals surface area contributed by atoms with E-state index in [0.29, 0.717) is 0 Å². The van der Waals surface area contributed by atoms with E-state index in [1.54, 1.807) is 7.11 Å². The number of nitrogens with zero attached hydrogens (tertiary/aromatic N) is 1. The maximum Gasteiger partial charge on any atom is 0.0587 e. The summed E-state index contributed by atoms with van der Waals surface area (Å²) in [5, 5.41) is 3.39. The minimum atomic E-state index is 0.831. The second-order valence-corrected chi connectivity index (χ2v) is 11.5. The van der Waals surface area contributed by atoms with Crippen LogP contribution in [0.25, 0.3) is 0 Å². The van der Waals surface area contributed by atoms with E-state index in [1.165, 1.54) is 167 Å². The summed E-state index contributed by atoms with van der Waals surface area (Å²) in [5.74, 6) is 0. The fraction of sp³-hybridized carbons (Fsp3) is 1.00. The molecule has 0 aliphatic heterocycles. The molecule has 0 atom stereocenters. The molecule has 0 aromatic heterocycles. The van der Waals surface area contributed by atoms with Crippen LogP contribution in [-0.2, 0) is 4.74 Å². The van der Waals surface area contributed by atoms with Gasteiger partial charge in [0.25, 0.3) is 0 Å². The number of nitrogens with one attached hydrogen (secondary N) is 1. The molecular formula is C34H74N2O. The van der Waals surface area contributed by atoms with Crippen molar-refractivity contribution >= 4 is 0 Å². The monoisotopic (exact) mass is 527 g/mol. The van der Waals surface area contributed by atoms with Gasteiger partial charge in [0.15, 0.2) is 0 Å². The van der Waals surface area contributed by atoms with E-state index in [2.05, 4.69) is 38.0 Å². The molecule has 37 heavy (non-hydrogen) atoms. The third kappa shape index (κ3) is 40.5. The number of rotatable bonds is 30. The first-order valence-electron chi connectivity index (χ1n) is 17.1. The molecule has 0 spiro atoms. The zero-order valence-corrected chi connectivity index (χ0v) is 26.9. The smallest absolute Gasteiger partial charge is 0.0587 e. The lowest BCUT2D eigenvalue weighted by atomic mass is 10.1. The Balaban J connectivity index is 0. The molecule has 0 aliphatic rings. The number of ether oxygens (including phenoxy) is 1. The SMILES string of the molecule is CCCCCCCCCCCCNCCOC.CCCCCCCCCN(C)CCCCCCCCC. The minimum Gasteiger partial charge on any atom is -0.383 e. The molecule has 0 saturated carbocycles. The van der Waals surface area contributed by atoms with Crippen molar-refractivity contribution in [3.05, 3.63) is 0 Å².